The molecule has 2 heterocycles. The van der Waals surface area contributed by atoms with Gasteiger partial charge in [-0.1, -0.05) is 43.8 Å². The summed E-state index contributed by atoms with van der Waals surface area (Å²) >= 11 is 1.60. The summed E-state index contributed by atoms with van der Waals surface area (Å²) in [6.07, 6.45) is 5.61. The Bertz CT molecular complexity index is 765. The molecule has 3 aromatic rings. The summed E-state index contributed by atoms with van der Waals surface area (Å²) in [5.74, 6) is 1.25. The van der Waals surface area contributed by atoms with Crippen LogP contribution in [0.25, 0.3) is 17.1 Å². The van der Waals surface area contributed by atoms with E-state index in [4.69, 9.17) is 0 Å². The summed E-state index contributed by atoms with van der Waals surface area (Å²) in [5.41, 5.74) is 3.38. The van der Waals surface area contributed by atoms with Gasteiger partial charge < -0.3 is 0 Å². The van der Waals surface area contributed by atoms with E-state index >= 15 is 0 Å². The lowest BCUT2D eigenvalue weighted by molar-refractivity contribution is 0.819. The quantitative estimate of drug-likeness (QED) is 0.678. The predicted octanol–water partition coefficient (Wildman–Crippen LogP) is 4.17. The molecule has 5 heteroatoms. The second-order valence-corrected chi connectivity index (χ2v) is 6.07. The van der Waals surface area contributed by atoms with Gasteiger partial charge in [0.05, 0.1) is 5.69 Å². The third kappa shape index (κ3) is 2.64. The molecule has 0 N–H and O–H groups in total. The summed E-state index contributed by atoms with van der Waals surface area (Å²) in [6.45, 7) is 4.40. The van der Waals surface area contributed by atoms with Gasteiger partial charge in [0, 0.05) is 18.0 Å². The van der Waals surface area contributed by atoms with E-state index in [1.165, 1.54) is 5.56 Å². The van der Waals surface area contributed by atoms with Crippen molar-refractivity contribution in [2.45, 2.75) is 24.9 Å². The van der Waals surface area contributed by atoms with Gasteiger partial charge in [-0.2, -0.15) is 0 Å². The minimum absolute atomic E-state index is 0.426. The molecule has 0 saturated heterocycles. The average molecular weight is 310 g/mol. The molecule has 0 unspecified atom stereocenters. The first-order valence-corrected chi connectivity index (χ1v) is 8.44. The van der Waals surface area contributed by atoms with E-state index in [1.807, 2.05) is 24.6 Å². The van der Waals surface area contributed by atoms with Crippen molar-refractivity contribution < 1.29 is 0 Å². The second-order valence-electron chi connectivity index (χ2n) is 5.30. The first-order chi connectivity index (χ1) is 10.7. The van der Waals surface area contributed by atoms with E-state index in [-0.39, 0.29) is 0 Å². The van der Waals surface area contributed by atoms with Gasteiger partial charge in [-0.05, 0) is 35.9 Å². The average Bonchev–Trinajstić information content (AvgIpc) is 2.99. The highest BCUT2D eigenvalue weighted by atomic mass is 32.2. The highest BCUT2D eigenvalue weighted by Gasteiger charge is 2.18. The summed E-state index contributed by atoms with van der Waals surface area (Å²) in [7, 11) is 0. The van der Waals surface area contributed by atoms with Crippen molar-refractivity contribution in [1.82, 2.24) is 19.7 Å². The van der Waals surface area contributed by atoms with Crippen molar-refractivity contribution in [2.24, 2.45) is 0 Å². The normalized spacial score (nSPS) is 11.1. The van der Waals surface area contributed by atoms with Crippen molar-refractivity contribution in [3.8, 4) is 17.1 Å². The molecule has 22 heavy (non-hydrogen) atoms. The highest BCUT2D eigenvalue weighted by Crippen LogP contribution is 2.30. The molecule has 2 aromatic heterocycles. The Hall–Kier alpha value is -2.14. The molecule has 4 nitrogen and oxygen atoms in total. The van der Waals surface area contributed by atoms with Gasteiger partial charge in [0.2, 0.25) is 0 Å². The molecule has 0 aliphatic heterocycles. The zero-order chi connectivity index (χ0) is 15.5. The molecule has 112 valence electrons. The smallest absolute Gasteiger partial charge is 0.195 e. The van der Waals surface area contributed by atoms with Gasteiger partial charge in [-0.25, -0.2) is 0 Å². The number of pyridine rings is 1. The minimum Gasteiger partial charge on any atom is -0.270 e. The fraction of sp³-hybridized carbons (Fsp3) is 0.235. The van der Waals surface area contributed by atoms with E-state index in [2.05, 4.69) is 57.9 Å². The fourth-order valence-corrected chi connectivity index (χ4v) is 2.97. The van der Waals surface area contributed by atoms with Crippen LogP contribution in [0.4, 0.5) is 0 Å². The fourth-order valence-electron chi connectivity index (χ4n) is 2.48. The molecule has 0 aliphatic carbocycles. The maximum absolute atomic E-state index is 4.39. The zero-order valence-corrected chi connectivity index (χ0v) is 13.7. The van der Waals surface area contributed by atoms with Crippen molar-refractivity contribution in [2.75, 3.05) is 6.26 Å². The molecule has 3 rings (SSSR count). The van der Waals surface area contributed by atoms with Gasteiger partial charge >= 0.3 is 0 Å². The third-order valence-corrected chi connectivity index (χ3v) is 4.16. The van der Waals surface area contributed by atoms with Crippen molar-refractivity contribution in [3.05, 3.63) is 54.4 Å². The molecular weight excluding hydrogens is 292 g/mol. The largest absolute Gasteiger partial charge is 0.270 e. The lowest BCUT2D eigenvalue weighted by Crippen LogP contribution is -2.04. The van der Waals surface area contributed by atoms with Crippen LogP contribution in [0.5, 0.6) is 0 Å². The molecule has 0 fully saturated rings. The molecule has 1 aromatic carbocycles. The lowest BCUT2D eigenvalue weighted by atomic mass is 10.0. The lowest BCUT2D eigenvalue weighted by Gasteiger charge is -2.16. The number of aromatic nitrogens is 4. The maximum atomic E-state index is 4.39. The maximum Gasteiger partial charge on any atom is 0.195 e. The first kappa shape index (κ1) is 14.8. The summed E-state index contributed by atoms with van der Waals surface area (Å²) in [6, 6.07) is 12.3. The Balaban J connectivity index is 2.25. The van der Waals surface area contributed by atoms with Crippen molar-refractivity contribution >= 4 is 11.8 Å². The Kier molecular flexibility index (Phi) is 4.24. The Labute approximate surface area is 134 Å². The summed E-state index contributed by atoms with van der Waals surface area (Å²) in [4.78, 5) is 4.20. The van der Waals surface area contributed by atoms with Gasteiger partial charge in [0.1, 0.15) is 0 Å². The monoisotopic (exact) mass is 310 g/mol. The second kappa shape index (κ2) is 6.32. The zero-order valence-electron chi connectivity index (χ0n) is 12.9. The number of para-hydroxylation sites is 1. The Morgan fingerprint density at radius 3 is 2.55 bits per heavy atom. The van der Waals surface area contributed by atoms with E-state index in [1.54, 1.807) is 18.0 Å². The highest BCUT2D eigenvalue weighted by molar-refractivity contribution is 7.98. The van der Waals surface area contributed by atoms with Gasteiger partial charge in [0.15, 0.2) is 11.0 Å². The van der Waals surface area contributed by atoms with Crippen LogP contribution in [0, 0.1) is 0 Å². The van der Waals surface area contributed by atoms with Crippen LogP contribution in [-0.2, 0) is 0 Å². The molecule has 0 radical (unpaired) electrons. The van der Waals surface area contributed by atoms with Crippen LogP contribution in [0.1, 0.15) is 25.3 Å². The number of thioether (sulfide) groups is 1. The van der Waals surface area contributed by atoms with E-state index in [9.17, 15) is 0 Å². The molecule has 0 spiro atoms. The number of benzene rings is 1. The van der Waals surface area contributed by atoms with Gasteiger partial charge in [0.25, 0.3) is 0 Å². The minimum atomic E-state index is 0.426. The number of hydrogen-bond acceptors (Lipinski definition) is 4. The molecule has 0 saturated carbocycles. The molecule has 0 bridgehead atoms. The molecule has 0 amide bonds. The predicted molar refractivity (Wildman–Crippen MR) is 90.5 cm³/mol. The van der Waals surface area contributed by atoms with Crippen LogP contribution >= 0.6 is 11.8 Å². The molecule has 0 atom stereocenters. The van der Waals surface area contributed by atoms with E-state index in [0.29, 0.717) is 5.92 Å². The van der Waals surface area contributed by atoms with Crippen molar-refractivity contribution in [3.63, 3.8) is 0 Å². The van der Waals surface area contributed by atoms with Crippen LogP contribution in [0.2, 0.25) is 0 Å². The van der Waals surface area contributed by atoms with Gasteiger partial charge in [-0.15, -0.1) is 10.2 Å². The topological polar surface area (TPSA) is 43.6 Å². The van der Waals surface area contributed by atoms with E-state index < -0.39 is 0 Å². The summed E-state index contributed by atoms with van der Waals surface area (Å²) < 4.78 is 2.12. The first-order valence-electron chi connectivity index (χ1n) is 7.21. The van der Waals surface area contributed by atoms with Crippen LogP contribution in [0.15, 0.2) is 53.9 Å². The third-order valence-electron chi connectivity index (χ3n) is 3.54. The Morgan fingerprint density at radius 2 is 1.86 bits per heavy atom. The standard InChI is InChI=1S/C17H18N4S/c1-12(2)14-8-4-5-9-15(14)21-16(19-20-17(21)22-3)13-7-6-10-18-11-13/h4-12H,1-3H3. The molecular formula is C17H18N4S. The SMILES string of the molecule is CSc1nnc(-c2cccnc2)n1-c1ccccc1C(C)C. The van der Waals surface area contributed by atoms with Crippen LogP contribution < -0.4 is 0 Å². The Morgan fingerprint density at radius 1 is 1.05 bits per heavy atom. The number of rotatable bonds is 4. The van der Waals surface area contributed by atoms with Crippen molar-refractivity contribution in [1.29, 1.82) is 0 Å². The van der Waals surface area contributed by atoms with Crippen LogP contribution in [-0.4, -0.2) is 26.0 Å². The number of nitrogens with zero attached hydrogens (tertiary/aromatic N) is 4. The summed E-state index contributed by atoms with van der Waals surface area (Å²) in [5, 5.41) is 9.60. The number of hydrogen-bond donors (Lipinski definition) is 0. The van der Waals surface area contributed by atoms with Gasteiger partial charge in [-0.3, -0.25) is 9.55 Å². The van der Waals surface area contributed by atoms with E-state index in [0.717, 1.165) is 22.2 Å². The van der Waals surface area contributed by atoms with Crippen LogP contribution in [0.3, 0.4) is 0 Å². The molecule has 0 aliphatic rings.